The van der Waals surface area contributed by atoms with E-state index in [1.165, 1.54) is 12.1 Å². The smallest absolute Gasteiger partial charge is 0.241 e. The Morgan fingerprint density at radius 1 is 1.30 bits per heavy atom. The molecule has 0 aromatic heterocycles. The summed E-state index contributed by atoms with van der Waals surface area (Å²) < 4.78 is 26.5. The van der Waals surface area contributed by atoms with Crippen molar-refractivity contribution in [2.24, 2.45) is 5.73 Å². The molecule has 0 atom stereocenters. The van der Waals surface area contributed by atoms with Crippen LogP contribution in [0.5, 0.6) is 0 Å². The number of nitrogens with zero attached hydrogens (tertiary/aromatic N) is 1. The number of amides is 1. The molecular formula is C13H21N3O3S. The molecule has 0 saturated carbocycles. The zero-order valence-corrected chi connectivity index (χ0v) is 12.6. The maximum Gasteiger partial charge on any atom is 0.241 e. The van der Waals surface area contributed by atoms with Gasteiger partial charge in [0.1, 0.15) is 0 Å². The van der Waals surface area contributed by atoms with E-state index < -0.39 is 10.0 Å². The zero-order chi connectivity index (χ0) is 15.2. The monoisotopic (exact) mass is 299 g/mol. The number of benzene rings is 1. The van der Waals surface area contributed by atoms with Gasteiger partial charge >= 0.3 is 0 Å². The fourth-order valence-corrected chi connectivity index (χ4v) is 2.81. The number of likely N-dealkylation sites (N-methyl/N-ethyl adjacent to an activating group) is 1. The van der Waals surface area contributed by atoms with E-state index in [0.29, 0.717) is 13.1 Å². The highest BCUT2D eigenvalue weighted by atomic mass is 32.2. The molecule has 1 amide bonds. The van der Waals surface area contributed by atoms with E-state index in [9.17, 15) is 13.2 Å². The molecule has 112 valence electrons. The Morgan fingerprint density at radius 2 is 1.95 bits per heavy atom. The van der Waals surface area contributed by atoms with Gasteiger partial charge in [0.2, 0.25) is 15.9 Å². The molecule has 6 nitrogen and oxygen atoms in total. The van der Waals surface area contributed by atoms with Gasteiger partial charge in [-0.1, -0.05) is 12.1 Å². The van der Waals surface area contributed by atoms with Crippen LogP contribution in [0.25, 0.3) is 0 Å². The maximum atomic E-state index is 12.1. The van der Waals surface area contributed by atoms with Crippen molar-refractivity contribution in [1.82, 2.24) is 9.62 Å². The molecule has 0 heterocycles. The van der Waals surface area contributed by atoms with Crippen LogP contribution in [0, 0.1) is 0 Å². The Hall–Kier alpha value is -1.44. The summed E-state index contributed by atoms with van der Waals surface area (Å²) >= 11 is 0. The summed E-state index contributed by atoms with van der Waals surface area (Å²) in [6.07, 6.45) is 0. The second-order valence-corrected chi connectivity index (χ2v) is 6.01. The van der Waals surface area contributed by atoms with Gasteiger partial charge in [-0.2, -0.15) is 0 Å². The van der Waals surface area contributed by atoms with Crippen LogP contribution < -0.4 is 10.5 Å². The van der Waals surface area contributed by atoms with Crippen molar-refractivity contribution in [2.75, 3.05) is 19.6 Å². The molecule has 0 aliphatic carbocycles. The molecule has 0 radical (unpaired) electrons. The second kappa shape index (κ2) is 7.37. The predicted octanol–water partition coefficient (Wildman–Crippen LogP) is 0.292. The number of hydrogen-bond acceptors (Lipinski definition) is 4. The van der Waals surface area contributed by atoms with E-state index in [2.05, 4.69) is 4.72 Å². The molecule has 1 rings (SSSR count). The number of nitrogens with one attached hydrogen (secondary N) is 1. The number of carbonyl (C=O) groups excluding carboxylic acids is 1. The van der Waals surface area contributed by atoms with Gasteiger partial charge in [-0.3, -0.25) is 4.79 Å². The third-order valence-corrected chi connectivity index (χ3v) is 4.37. The van der Waals surface area contributed by atoms with Crippen LogP contribution in [0.3, 0.4) is 0 Å². The van der Waals surface area contributed by atoms with E-state index >= 15 is 0 Å². The number of carbonyl (C=O) groups is 1. The van der Waals surface area contributed by atoms with Gasteiger partial charge in [-0.15, -0.1) is 0 Å². The van der Waals surface area contributed by atoms with Gasteiger partial charge in [-0.05, 0) is 31.5 Å². The zero-order valence-electron chi connectivity index (χ0n) is 11.8. The Balaban J connectivity index is 2.77. The first-order valence-corrected chi connectivity index (χ1v) is 7.99. The quantitative estimate of drug-likeness (QED) is 0.757. The van der Waals surface area contributed by atoms with Gasteiger partial charge in [-0.25, -0.2) is 13.1 Å². The van der Waals surface area contributed by atoms with Crippen molar-refractivity contribution in [3.8, 4) is 0 Å². The maximum absolute atomic E-state index is 12.1. The first-order valence-electron chi connectivity index (χ1n) is 6.51. The molecule has 0 spiro atoms. The Morgan fingerprint density at radius 3 is 2.50 bits per heavy atom. The van der Waals surface area contributed by atoms with Gasteiger partial charge in [0, 0.05) is 19.6 Å². The summed E-state index contributed by atoms with van der Waals surface area (Å²) in [6, 6.07) is 6.36. The summed E-state index contributed by atoms with van der Waals surface area (Å²) in [4.78, 5) is 13.5. The topological polar surface area (TPSA) is 92.5 Å². The molecule has 0 aliphatic heterocycles. The molecule has 0 aliphatic rings. The number of hydrogen-bond donors (Lipinski definition) is 2. The van der Waals surface area contributed by atoms with E-state index in [-0.39, 0.29) is 23.9 Å². The SMILES string of the molecule is CCN(CC)C(=O)CNS(=O)(=O)c1cccc(CN)c1. The molecule has 0 unspecified atom stereocenters. The van der Waals surface area contributed by atoms with Crippen LogP contribution in [0.2, 0.25) is 0 Å². The van der Waals surface area contributed by atoms with Crippen LogP contribution >= 0.6 is 0 Å². The van der Waals surface area contributed by atoms with Crippen LogP contribution in [0.4, 0.5) is 0 Å². The van der Waals surface area contributed by atoms with Gasteiger partial charge in [0.25, 0.3) is 0 Å². The van der Waals surface area contributed by atoms with Gasteiger partial charge < -0.3 is 10.6 Å². The lowest BCUT2D eigenvalue weighted by atomic mass is 10.2. The average molecular weight is 299 g/mol. The molecule has 1 aromatic rings. The lowest BCUT2D eigenvalue weighted by Gasteiger charge is -2.18. The van der Waals surface area contributed by atoms with Crippen molar-refractivity contribution in [3.05, 3.63) is 29.8 Å². The van der Waals surface area contributed by atoms with Crippen LogP contribution in [0.15, 0.2) is 29.2 Å². The second-order valence-electron chi connectivity index (χ2n) is 4.24. The first kappa shape index (κ1) is 16.6. The minimum atomic E-state index is -3.69. The lowest BCUT2D eigenvalue weighted by molar-refractivity contribution is -0.129. The average Bonchev–Trinajstić information content (AvgIpc) is 2.46. The van der Waals surface area contributed by atoms with E-state index in [0.717, 1.165) is 5.56 Å². The molecule has 20 heavy (non-hydrogen) atoms. The van der Waals surface area contributed by atoms with Crippen LogP contribution in [-0.2, 0) is 21.4 Å². The van der Waals surface area contributed by atoms with Crippen molar-refractivity contribution in [3.63, 3.8) is 0 Å². The van der Waals surface area contributed by atoms with Crippen molar-refractivity contribution >= 4 is 15.9 Å². The molecule has 7 heteroatoms. The Kier molecular flexibility index (Phi) is 6.12. The highest BCUT2D eigenvalue weighted by Crippen LogP contribution is 2.10. The highest BCUT2D eigenvalue weighted by molar-refractivity contribution is 7.89. The summed E-state index contributed by atoms with van der Waals surface area (Å²) in [5.74, 6) is -0.242. The third kappa shape index (κ3) is 4.29. The molecule has 1 aromatic carbocycles. The van der Waals surface area contributed by atoms with Crippen LogP contribution in [0.1, 0.15) is 19.4 Å². The van der Waals surface area contributed by atoms with Crippen LogP contribution in [-0.4, -0.2) is 38.9 Å². The van der Waals surface area contributed by atoms with Gasteiger partial charge in [0.05, 0.1) is 11.4 Å². The summed E-state index contributed by atoms with van der Waals surface area (Å²) in [5.41, 5.74) is 6.21. The molecule has 0 bridgehead atoms. The summed E-state index contributed by atoms with van der Waals surface area (Å²) in [5, 5.41) is 0. The predicted molar refractivity (Wildman–Crippen MR) is 77.4 cm³/mol. The van der Waals surface area contributed by atoms with Gasteiger partial charge in [0.15, 0.2) is 0 Å². The van der Waals surface area contributed by atoms with Crippen molar-refractivity contribution < 1.29 is 13.2 Å². The minimum Gasteiger partial charge on any atom is -0.342 e. The van der Waals surface area contributed by atoms with E-state index in [1.807, 2.05) is 13.8 Å². The Bertz CT molecular complexity index is 554. The largest absolute Gasteiger partial charge is 0.342 e. The van der Waals surface area contributed by atoms with Crippen molar-refractivity contribution in [2.45, 2.75) is 25.3 Å². The third-order valence-electron chi connectivity index (χ3n) is 2.97. The summed E-state index contributed by atoms with van der Waals surface area (Å²) in [6.45, 7) is 4.83. The van der Waals surface area contributed by atoms with E-state index in [4.69, 9.17) is 5.73 Å². The van der Waals surface area contributed by atoms with E-state index in [1.54, 1.807) is 17.0 Å². The fourth-order valence-electron chi connectivity index (χ4n) is 1.77. The highest BCUT2D eigenvalue weighted by Gasteiger charge is 2.17. The fraction of sp³-hybridized carbons (Fsp3) is 0.462. The summed E-state index contributed by atoms with van der Waals surface area (Å²) in [7, 11) is -3.69. The molecule has 3 N–H and O–H groups in total. The standard InChI is InChI=1S/C13H21N3O3S/c1-3-16(4-2)13(17)10-15-20(18,19)12-7-5-6-11(8-12)9-14/h5-8,15H,3-4,9-10,14H2,1-2H3. The molecule has 0 fully saturated rings. The molecule has 0 saturated heterocycles. The first-order chi connectivity index (χ1) is 9.44. The Labute approximate surface area is 120 Å². The number of rotatable bonds is 7. The lowest BCUT2D eigenvalue weighted by Crippen LogP contribution is -2.39. The normalized spacial score (nSPS) is 11.3. The molecular weight excluding hydrogens is 278 g/mol. The number of sulfonamides is 1. The minimum absolute atomic E-state index is 0.118. The number of nitrogens with two attached hydrogens (primary N) is 1. The van der Waals surface area contributed by atoms with Crippen molar-refractivity contribution in [1.29, 1.82) is 0 Å².